The number of likely N-dealkylation sites (tertiary alicyclic amines) is 1. The Morgan fingerprint density at radius 1 is 1.29 bits per heavy atom. The van der Waals surface area contributed by atoms with Crippen LogP contribution in [-0.4, -0.2) is 33.1 Å². The van der Waals surface area contributed by atoms with Crippen LogP contribution < -0.4 is 0 Å². The maximum atomic E-state index is 5.41. The highest BCUT2D eigenvalue weighted by Gasteiger charge is 2.32. The van der Waals surface area contributed by atoms with E-state index in [1.165, 1.54) is 25.0 Å². The third kappa shape index (κ3) is 3.01. The van der Waals surface area contributed by atoms with Crippen LogP contribution in [0.1, 0.15) is 59.9 Å². The highest BCUT2D eigenvalue weighted by Crippen LogP contribution is 2.39. The molecule has 0 aromatic carbocycles. The zero-order valence-electron chi connectivity index (χ0n) is 12.3. The molecule has 2 aromatic heterocycles. The van der Waals surface area contributed by atoms with Crippen molar-refractivity contribution in [1.82, 2.24) is 20.0 Å². The molecule has 0 spiro atoms. The highest BCUT2D eigenvalue weighted by molar-refractivity contribution is 7.09. The van der Waals surface area contributed by atoms with E-state index in [1.54, 1.807) is 11.3 Å². The lowest BCUT2D eigenvalue weighted by atomic mass is 9.97. The lowest BCUT2D eigenvalue weighted by molar-refractivity contribution is 0.193. The van der Waals surface area contributed by atoms with Crippen LogP contribution in [-0.2, 0) is 6.54 Å². The minimum absolute atomic E-state index is 0.412. The van der Waals surface area contributed by atoms with Gasteiger partial charge in [0.25, 0.3) is 0 Å². The van der Waals surface area contributed by atoms with Gasteiger partial charge in [-0.2, -0.15) is 4.98 Å². The fourth-order valence-electron chi connectivity index (χ4n) is 3.03. The van der Waals surface area contributed by atoms with Gasteiger partial charge in [-0.1, -0.05) is 5.16 Å². The first-order valence-electron chi connectivity index (χ1n) is 7.75. The summed E-state index contributed by atoms with van der Waals surface area (Å²) in [6.45, 7) is 5.15. The Hall–Kier alpha value is -1.27. The summed E-state index contributed by atoms with van der Waals surface area (Å²) >= 11 is 1.73. The second kappa shape index (κ2) is 5.50. The van der Waals surface area contributed by atoms with E-state index in [-0.39, 0.29) is 0 Å². The quantitative estimate of drug-likeness (QED) is 0.869. The summed E-state index contributed by atoms with van der Waals surface area (Å²) in [6.07, 6.45) is 4.78. The lowest BCUT2D eigenvalue weighted by Gasteiger charge is -2.30. The van der Waals surface area contributed by atoms with Crippen LogP contribution in [0.3, 0.4) is 0 Å². The number of rotatable bonds is 4. The van der Waals surface area contributed by atoms with Crippen molar-refractivity contribution in [2.24, 2.45) is 0 Å². The number of hydrogen-bond acceptors (Lipinski definition) is 6. The molecule has 3 heterocycles. The molecule has 2 aromatic rings. The maximum Gasteiger partial charge on any atom is 0.229 e. The van der Waals surface area contributed by atoms with Gasteiger partial charge in [0.2, 0.25) is 5.89 Å². The number of piperidine rings is 1. The standard InChI is InChI=1S/C15H20N4OS/c1-10-16-13(9-21-10)8-19-6-2-3-12(7-19)14-17-15(20-18-14)11-4-5-11/h9,11-12H,2-8H2,1H3/t12-/m1/s1. The minimum atomic E-state index is 0.412. The van der Waals surface area contributed by atoms with Crippen molar-refractivity contribution in [3.63, 3.8) is 0 Å². The van der Waals surface area contributed by atoms with Crippen molar-refractivity contribution in [1.29, 1.82) is 0 Å². The van der Waals surface area contributed by atoms with Crippen molar-refractivity contribution >= 4 is 11.3 Å². The third-order valence-electron chi connectivity index (χ3n) is 4.31. The molecule has 0 radical (unpaired) electrons. The molecule has 1 aliphatic heterocycles. The summed E-state index contributed by atoms with van der Waals surface area (Å²) in [5.41, 5.74) is 1.19. The third-order valence-corrected chi connectivity index (χ3v) is 5.13. The first-order chi connectivity index (χ1) is 10.3. The van der Waals surface area contributed by atoms with Crippen LogP contribution in [0.5, 0.6) is 0 Å². The summed E-state index contributed by atoms with van der Waals surface area (Å²) in [6, 6.07) is 0. The molecule has 1 aliphatic carbocycles. The minimum Gasteiger partial charge on any atom is -0.339 e. The van der Waals surface area contributed by atoms with E-state index in [0.29, 0.717) is 11.8 Å². The summed E-state index contributed by atoms with van der Waals surface area (Å²) in [4.78, 5) is 11.7. The van der Waals surface area contributed by atoms with Gasteiger partial charge in [-0.25, -0.2) is 4.98 Å². The van der Waals surface area contributed by atoms with Gasteiger partial charge in [0.1, 0.15) is 0 Å². The summed E-state index contributed by atoms with van der Waals surface area (Å²) in [7, 11) is 0. The van der Waals surface area contributed by atoms with Gasteiger partial charge in [0.15, 0.2) is 5.82 Å². The van der Waals surface area contributed by atoms with Crippen molar-refractivity contribution < 1.29 is 4.52 Å². The Bertz CT molecular complexity index is 619. The Kier molecular flexibility index (Phi) is 3.51. The number of thiazole rings is 1. The zero-order valence-corrected chi connectivity index (χ0v) is 13.1. The first-order valence-corrected chi connectivity index (χ1v) is 8.63. The van der Waals surface area contributed by atoms with Gasteiger partial charge < -0.3 is 4.52 Å². The molecule has 0 amide bonds. The molecule has 2 fully saturated rings. The van der Waals surface area contributed by atoms with Gasteiger partial charge >= 0.3 is 0 Å². The largest absolute Gasteiger partial charge is 0.339 e. The van der Waals surface area contributed by atoms with Gasteiger partial charge in [-0.15, -0.1) is 11.3 Å². The molecule has 1 atom stereocenters. The van der Waals surface area contributed by atoms with Crippen LogP contribution in [0.15, 0.2) is 9.90 Å². The molecule has 1 saturated heterocycles. The molecule has 4 rings (SSSR count). The van der Waals surface area contributed by atoms with E-state index in [2.05, 4.69) is 32.3 Å². The Labute approximate surface area is 128 Å². The molecule has 112 valence electrons. The van der Waals surface area contributed by atoms with Gasteiger partial charge in [0, 0.05) is 30.3 Å². The molecular weight excluding hydrogens is 284 g/mol. The van der Waals surface area contributed by atoms with Crippen molar-refractivity contribution in [2.45, 2.75) is 51.0 Å². The summed E-state index contributed by atoms with van der Waals surface area (Å²) in [5.74, 6) is 2.73. The van der Waals surface area contributed by atoms with E-state index in [0.717, 1.165) is 42.8 Å². The van der Waals surface area contributed by atoms with Gasteiger partial charge in [-0.3, -0.25) is 4.90 Å². The predicted octanol–water partition coefficient (Wildman–Crippen LogP) is 3.09. The van der Waals surface area contributed by atoms with Crippen LogP contribution in [0.25, 0.3) is 0 Å². The normalized spacial score (nSPS) is 23.6. The monoisotopic (exact) mass is 304 g/mol. The first kappa shape index (κ1) is 13.4. The van der Waals surface area contributed by atoms with Crippen molar-refractivity contribution in [3.05, 3.63) is 27.8 Å². The second-order valence-corrected chi connectivity index (χ2v) is 7.26. The SMILES string of the molecule is Cc1nc(CN2CCC[C@@H](c3noc(C4CC4)n3)C2)cs1. The Morgan fingerprint density at radius 3 is 2.95 bits per heavy atom. The Morgan fingerprint density at radius 2 is 2.19 bits per heavy atom. The topological polar surface area (TPSA) is 55.1 Å². The molecule has 0 unspecified atom stereocenters. The Balaban J connectivity index is 1.41. The molecule has 2 aliphatic rings. The number of aryl methyl sites for hydroxylation is 1. The predicted molar refractivity (Wildman–Crippen MR) is 80.4 cm³/mol. The molecule has 6 heteroatoms. The van der Waals surface area contributed by atoms with Gasteiger partial charge in [-0.05, 0) is 39.2 Å². The lowest BCUT2D eigenvalue weighted by Crippen LogP contribution is -2.34. The van der Waals surface area contributed by atoms with E-state index >= 15 is 0 Å². The summed E-state index contributed by atoms with van der Waals surface area (Å²) in [5, 5.41) is 7.53. The fourth-order valence-corrected chi connectivity index (χ4v) is 3.63. The van der Waals surface area contributed by atoms with E-state index in [1.807, 2.05) is 0 Å². The number of aromatic nitrogens is 3. The maximum absolute atomic E-state index is 5.41. The van der Waals surface area contributed by atoms with E-state index < -0.39 is 0 Å². The van der Waals surface area contributed by atoms with Crippen LogP contribution >= 0.6 is 11.3 Å². The van der Waals surface area contributed by atoms with Crippen LogP contribution in [0.2, 0.25) is 0 Å². The van der Waals surface area contributed by atoms with Crippen LogP contribution in [0.4, 0.5) is 0 Å². The molecule has 5 nitrogen and oxygen atoms in total. The van der Waals surface area contributed by atoms with E-state index in [4.69, 9.17) is 4.52 Å². The fraction of sp³-hybridized carbons (Fsp3) is 0.667. The second-order valence-electron chi connectivity index (χ2n) is 6.20. The highest BCUT2D eigenvalue weighted by atomic mass is 32.1. The molecule has 0 bridgehead atoms. The zero-order chi connectivity index (χ0) is 14.2. The summed E-state index contributed by atoms with van der Waals surface area (Å²) < 4.78 is 5.41. The average molecular weight is 304 g/mol. The number of hydrogen-bond donors (Lipinski definition) is 0. The van der Waals surface area contributed by atoms with Crippen molar-refractivity contribution in [2.75, 3.05) is 13.1 Å². The smallest absolute Gasteiger partial charge is 0.229 e. The number of nitrogens with zero attached hydrogens (tertiary/aromatic N) is 4. The average Bonchev–Trinajstić information content (AvgIpc) is 3.07. The van der Waals surface area contributed by atoms with Crippen LogP contribution in [0, 0.1) is 6.92 Å². The molecular formula is C15H20N4OS. The van der Waals surface area contributed by atoms with Gasteiger partial charge in [0.05, 0.1) is 10.7 Å². The molecule has 21 heavy (non-hydrogen) atoms. The van der Waals surface area contributed by atoms with E-state index in [9.17, 15) is 0 Å². The van der Waals surface area contributed by atoms with Crippen molar-refractivity contribution in [3.8, 4) is 0 Å². The molecule has 1 saturated carbocycles. The molecule has 0 N–H and O–H groups in total.